The molecule has 1 rings (SSSR count). The lowest BCUT2D eigenvalue weighted by molar-refractivity contribution is 0.0599. The quantitative estimate of drug-likeness (QED) is 0.711. The number of aromatic nitrogens is 1. The maximum atomic E-state index is 11.2. The van der Waals surface area contributed by atoms with Crippen molar-refractivity contribution in [2.45, 2.75) is 11.8 Å². The molecule has 0 aliphatic carbocycles. The van der Waals surface area contributed by atoms with Crippen molar-refractivity contribution in [2.75, 3.05) is 7.11 Å². The number of nitrogens with zero attached hydrogens (tertiary/aromatic N) is 1. The lowest BCUT2D eigenvalue weighted by Gasteiger charge is -2.04. The van der Waals surface area contributed by atoms with Gasteiger partial charge in [0.15, 0.2) is 0 Å². The van der Waals surface area contributed by atoms with Gasteiger partial charge in [0.25, 0.3) is 0 Å². The van der Waals surface area contributed by atoms with Crippen molar-refractivity contribution in [1.29, 1.82) is 0 Å². The predicted octanol–water partition coefficient (Wildman–Crippen LogP) is -0.176. The number of ether oxygens (including phenoxy) is 1. The number of esters is 1. The van der Waals surface area contributed by atoms with Gasteiger partial charge in [-0.2, -0.15) is 0 Å². The first kappa shape index (κ1) is 11.6. The van der Waals surface area contributed by atoms with Gasteiger partial charge >= 0.3 is 5.97 Å². The summed E-state index contributed by atoms with van der Waals surface area (Å²) in [6.07, 6.45) is 1.09. The Kier molecular flexibility index (Phi) is 3.06. The summed E-state index contributed by atoms with van der Waals surface area (Å²) >= 11 is 0. The number of primary sulfonamides is 1. The number of hydrogen-bond donors (Lipinski definition) is 1. The highest BCUT2D eigenvalue weighted by molar-refractivity contribution is 7.89. The molecule has 0 aliphatic rings. The van der Waals surface area contributed by atoms with E-state index in [0.717, 1.165) is 12.3 Å². The minimum Gasteiger partial charge on any atom is -0.465 e. The fourth-order valence-corrected chi connectivity index (χ4v) is 1.47. The van der Waals surface area contributed by atoms with Gasteiger partial charge in [0.05, 0.1) is 18.4 Å². The number of hydrogen-bond acceptors (Lipinski definition) is 5. The number of carbonyl (C=O) groups excluding carboxylic acids is 1. The molecule has 0 aliphatic heterocycles. The van der Waals surface area contributed by atoms with Crippen LogP contribution in [0, 0.1) is 6.92 Å². The zero-order valence-corrected chi connectivity index (χ0v) is 9.04. The number of rotatable bonds is 2. The number of aryl methyl sites for hydroxylation is 1. The van der Waals surface area contributed by atoms with Crippen LogP contribution in [0.15, 0.2) is 17.2 Å². The largest absolute Gasteiger partial charge is 0.465 e. The van der Waals surface area contributed by atoms with E-state index < -0.39 is 16.0 Å². The number of sulfonamides is 1. The van der Waals surface area contributed by atoms with Gasteiger partial charge in [-0.1, -0.05) is 0 Å². The molecule has 0 radical (unpaired) electrons. The third-order valence-electron chi connectivity index (χ3n) is 1.80. The summed E-state index contributed by atoms with van der Waals surface area (Å²) in [6, 6.07) is 1.14. The van der Waals surface area contributed by atoms with Gasteiger partial charge in [0.2, 0.25) is 10.0 Å². The first-order chi connectivity index (χ1) is 6.86. The van der Waals surface area contributed by atoms with E-state index in [1.807, 2.05) is 0 Å². The van der Waals surface area contributed by atoms with Gasteiger partial charge in [-0.15, -0.1) is 0 Å². The fourth-order valence-electron chi connectivity index (χ4n) is 0.986. The van der Waals surface area contributed by atoms with Gasteiger partial charge < -0.3 is 4.74 Å². The molecule has 2 N–H and O–H groups in total. The maximum Gasteiger partial charge on any atom is 0.339 e. The van der Waals surface area contributed by atoms with E-state index in [-0.39, 0.29) is 10.5 Å². The summed E-state index contributed by atoms with van der Waals surface area (Å²) in [7, 11) is -2.65. The maximum absolute atomic E-state index is 11.2. The van der Waals surface area contributed by atoms with Gasteiger partial charge in [-0.3, -0.25) is 4.98 Å². The molecule has 0 unspecified atom stereocenters. The molecule has 7 heteroatoms. The van der Waals surface area contributed by atoms with Gasteiger partial charge in [0, 0.05) is 6.20 Å². The normalized spacial score (nSPS) is 11.1. The van der Waals surface area contributed by atoms with Crippen molar-refractivity contribution in [3.63, 3.8) is 0 Å². The summed E-state index contributed by atoms with van der Waals surface area (Å²) in [4.78, 5) is 14.8. The van der Waals surface area contributed by atoms with Crippen LogP contribution in [0.25, 0.3) is 0 Å². The van der Waals surface area contributed by atoms with Gasteiger partial charge in [-0.25, -0.2) is 18.4 Å². The van der Waals surface area contributed by atoms with Crippen molar-refractivity contribution in [3.05, 3.63) is 23.5 Å². The van der Waals surface area contributed by atoms with Gasteiger partial charge in [0.1, 0.15) is 4.90 Å². The minimum absolute atomic E-state index is 0.0871. The van der Waals surface area contributed by atoms with E-state index in [4.69, 9.17) is 5.14 Å². The average molecular weight is 230 g/mol. The van der Waals surface area contributed by atoms with E-state index in [0.29, 0.717) is 5.69 Å². The third-order valence-corrected chi connectivity index (χ3v) is 2.68. The van der Waals surface area contributed by atoms with Crippen LogP contribution in [0.4, 0.5) is 0 Å². The molecule has 0 saturated carbocycles. The number of nitrogens with two attached hydrogens (primary N) is 1. The SMILES string of the molecule is COC(=O)c1cc(S(N)(=O)=O)cnc1C. The second kappa shape index (κ2) is 3.95. The van der Waals surface area contributed by atoms with Crippen LogP contribution < -0.4 is 5.14 Å². The van der Waals surface area contributed by atoms with Crippen molar-refractivity contribution >= 4 is 16.0 Å². The smallest absolute Gasteiger partial charge is 0.339 e. The highest BCUT2D eigenvalue weighted by atomic mass is 32.2. The van der Waals surface area contributed by atoms with E-state index in [1.165, 1.54) is 7.11 Å². The lowest BCUT2D eigenvalue weighted by atomic mass is 10.2. The minimum atomic E-state index is -3.85. The number of carbonyl (C=O) groups is 1. The molecule has 0 bridgehead atoms. The second-order valence-electron chi connectivity index (χ2n) is 2.84. The molecule has 15 heavy (non-hydrogen) atoms. The number of methoxy groups -OCH3 is 1. The zero-order valence-electron chi connectivity index (χ0n) is 8.22. The second-order valence-corrected chi connectivity index (χ2v) is 4.40. The summed E-state index contributed by atoms with van der Waals surface area (Å²) < 4.78 is 26.5. The topological polar surface area (TPSA) is 99.4 Å². The predicted molar refractivity (Wildman–Crippen MR) is 51.7 cm³/mol. The molecule has 0 amide bonds. The van der Waals surface area contributed by atoms with E-state index >= 15 is 0 Å². The molecule has 1 heterocycles. The van der Waals surface area contributed by atoms with Crippen LogP contribution in [0.1, 0.15) is 16.1 Å². The first-order valence-electron chi connectivity index (χ1n) is 3.94. The van der Waals surface area contributed by atoms with Crippen LogP contribution in [0.2, 0.25) is 0 Å². The lowest BCUT2D eigenvalue weighted by Crippen LogP contribution is -2.15. The Morgan fingerprint density at radius 3 is 2.60 bits per heavy atom. The van der Waals surface area contributed by atoms with Crippen molar-refractivity contribution < 1.29 is 17.9 Å². The van der Waals surface area contributed by atoms with E-state index in [9.17, 15) is 13.2 Å². The molecule has 0 spiro atoms. The van der Waals surface area contributed by atoms with Crippen LogP contribution in [0.3, 0.4) is 0 Å². The highest BCUT2D eigenvalue weighted by Crippen LogP contribution is 2.12. The van der Waals surface area contributed by atoms with E-state index in [2.05, 4.69) is 9.72 Å². The molecule has 0 atom stereocenters. The van der Waals surface area contributed by atoms with Gasteiger partial charge in [-0.05, 0) is 13.0 Å². The average Bonchev–Trinajstić information content (AvgIpc) is 2.15. The monoisotopic (exact) mass is 230 g/mol. The molecule has 1 aromatic heterocycles. The Labute approximate surface area is 87.1 Å². The van der Waals surface area contributed by atoms with Crippen LogP contribution in [-0.2, 0) is 14.8 Å². The molecular formula is C8H10N2O4S. The Bertz CT molecular complexity index is 495. The molecule has 0 saturated heterocycles. The molecule has 0 fully saturated rings. The molecular weight excluding hydrogens is 220 g/mol. The van der Waals surface area contributed by atoms with Crippen LogP contribution in [-0.4, -0.2) is 26.5 Å². The van der Waals surface area contributed by atoms with Crippen molar-refractivity contribution in [3.8, 4) is 0 Å². The summed E-state index contributed by atoms with van der Waals surface area (Å²) in [5.41, 5.74) is 0.471. The first-order valence-corrected chi connectivity index (χ1v) is 5.48. The Balaban J connectivity index is 3.36. The van der Waals surface area contributed by atoms with Crippen molar-refractivity contribution in [1.82, 2.24) is 4.98 Å². The van der Waals surface area contributed by atoms with Crippen LogP contribution >= 0.6 is 0 Å². The van der Waals surface area contributed by atoms with Crippen molar-refractivity contribution in [2.24, 2.45) is 5.14 Å². The molecule has 0 aromatic carbocycles. The summed E-state index contributed by atoms with van der Waals surface area (Å²) in [5, 5.41) is 4.90. The number of pyridine rings is 1. The molecule has 6 nitrogen and oxygen atoms in total. The van der Waals surface area contributed by atoms with Crippen LogP contribution in [0.5, 0.6) is 0 Å². The Morgan fingerprint density at radius 1 is 1.53 bits per heavy atom. The highest BCUT2D eigenvalue weighted by Gasteiger charge is 2.15. The standard InChI is InChI=1S/C8H10N2O4S/c1-5-7(8(11)14-2)3-6(4-10-5)15(9,12)13/h3-4H,1-2H3,(H2,9,12,13). The Morgan fingerprint density at radius 2 is 2.13 bits per heavy atom. The Hall–Kier alpha value is -1.47. The molecule has 1 aromatic rings. The fraction of sp³-hybridized carbons (Fsp3) is 0.250. The summed E-state index contributed by atoms with van der Waals surface area (Å²) in [5.74, 6) is -0.648. The zero-order chi connectivity index (χ0) is 11.6. The third kappa shape index (κ3) is 2.51. The molecule has 82 valence electrons. The van der Waals surface area contributed by atoms with E-state index in [1.54, 1.807) is 6.92 Å². The summed E-state index contributed by atoms with van der Waals surface area (Å²) in [6.45, 7) is 1.57.